The van der Waals surface area contributed by atoms with E-state index in [1.807, 2.05) is 54.2 Å². The Bertz CT molecular complexity index is 2200. The van der Waals surface area contributed by atoms with Gasteiger partial charge in [-0.25, -0.2) is 0 Å². The molecule has 2 bridgehead atoms. The van der Waals surface area contributed by atoms with Gasteiger partial charge < -0.3 is 0 Å². The van der Waals surface area contributed by atoms with Gasteiger partial charge >= 0.3 is 273 Å². The SMILES string of the molecule is CC1(C)CCC(CN2CCN(c3ccc(C(=O)[NH][Sn][c]4ccc(NCC5CCC(O)CC5)c(N=O)c4)c(Oc4cnc5[nH]ccc5c4)c3)CC2)=C(C23CC(C)(C2)C3)C1. The Morgan fingerprint density at radius 3 is 2.57 bits per heavy atom. The molecule has 4 saturated carbocycles. The molecule has 1 saturated heterocycles. The first kappa shape index (κ1) is 39.5. The first-order valence-corrected chi connectivity index (χ1v) is 24.2. The number of pyridine rings is 1. The van der Waals surface area contributed by atoms with Crippen LogP contribution in [0, 0.1) is 27.1 Å². The Hall–Kier alpha value is -3.94. The molecule has 2 radical (unpaired) electrons. The van der Waals surface area contributed by atoms with Crippen molar-refractivity contribution in [3.8, 4) is 11.5 Å². The predicted octanol–water partition coefficient (Wildman–Crippen LogP) is 8.21. The number of aromatic nitrogens is 2. The fourth-order valence-corrected chi connectivity index (χ4v) is 13.0. The molecule has 0 unspecified atom stereocenters. The van der Waals surface area contributed by atoms with Gasteiger partial charge in [-0.3, -0.25) is 0 Å². The summed E-state index contributed by atoms with van der Waals surface area (Å²) in [5.41, 5.74) is 8.43. The number of hydrogen-bond donors (Lipinski definition) is 4. The third-order valence-corrected chi connectivity index (χ3v) is 16.6. The number of allylic oxidation sites excluding steroid dienone is 1. The number of carbonyl (C=O) groups excluding carboxylic acids is 1. The molecule has 6 aliphatic rings. The van der Waals surface area contributed by atoms with Crippen LogP contribution in [0.25, 0.3) is 11.0 Å². The Balaban J connectivity index is 0.876. The van der Waals surface area contributed by atoms with Gasteiger partial charge in [-0.05, 0) is 54.8 Å². The fraction of sp³-hybridized carbons (Fsp3) is 0.522. The minimum Gasteiger partial charge on any atom is -0.0629 e. The number of anilines is 2. The standard InChI is InChI=1S/C33H41N5O2.C13H17N2O2.Sn/c1-31(2)8-6-23(27(16-31)33-19-32(3,20-33)21-33)18-37-10-12-38(13-11-37)24-4-5-26(29(34)39)28(15-24)40-25-14-22-7-9-35-30(22)36-17-25;16-11-7-5-10(6-8-11)9-14-12-3-1-2-4-13(12)15-17;/h4-5,7,9,14-15,17H,6,8,10-13,16,18-21H2,1-3H3,(H3,34,35,36,39);1,3-4,10-11,14,16H,5-9H2;/q;;+1/p-1. The third-order valence-electron chi connectivity index (χ3n) is 13.9. The minimum atomic E-state index is -1.65. The van der Waals surface area contributed by atoms with Crippen LogP contribution in [0.3, 0.4) is 0 Å². The van der Waals surface area contributed by atoms with E-state index in [0.717, 1.165) is 85.3 Å². The monoisotopic (exact) mass is 891 g/mol. The average Bonchev–Trinajstić information content (AvgIpc) is 3.67. The summed E-state index contributed by atoms with van der Waals surface area (Å²) in [5.74, 6) is 1.32. The molecular formula is C46H57N7O4Sn. The van der Waals surface area contributed by atoms with Gasteiger partial charge in [0.15, 0.2) is 0 Å². The minimum absolute atomic E-state index is 0.196. The first-order valence-electron chi connectivity index (χ1n) is 21.3. The van der Waals surface area contributed by atoms with Crippen LogP contribution < -0.4 is 22.1 Å². The third kappa shape index (κ3) is 8.28. The summed E-state index contributed by atoms with van der Waals surface area (Å²) in [6.07, 6.45) is 14.9. The van der Waals surface area contributed by atoms with Crippen LogP contribution in [0.15, 0.2) is 77.2 Å². The zero-order chi connectivity index (χ0) is 40.1. The van der Waals surface area contributed by atoms with Gasteiger partial charge in [0.1, 0.15) is 0 Å². The van der Waals surface area contributed by atoms with E-state index in [2.05, 4.69) is 54.6 Å². The zero-order valence-corrected chi connectivity index (χ0v) is 37.1. The summed E-state index contributed by atoms with van der Waals surface area (Å²) in [4.78, 5) is 38.5. The van der Waals surface area contributed by atoms with Gasteiger partial charge in [0.05, 0.1) is 0 Å². The summed E-state index contributed by atoms with van der Waals surface area (Å²) >= 11 is -1.65. The summed E-state index contributed by atoms with van der Waals surface area (Å²) in [7, 11) is 0. The van der Waals surface area contributed by atoms with Crippen LogP contribution in [0.4, 0.5) is 17.1 Å². The number of carbonyl (C=O) groups is 1. The summed E-state index contributed by atoms with van der Waals surface area (Å²) in [6, 6.07) is 15.5. The number of hydrogen-bond acceptors (Lipinski definition) is 9. The summed E-state index contributed by atoms with van der Waals surface area (Å²) < 4.78 is 10.7. The van der Waals surface area contributed by atoms with Crippen molar-refractivity contribution in [2.75, 3.05) is 49.5 Å². The number of benzene rings is 2. The second-order valence-corrected chi connectivity index (χ2v) is 22.2. The van der Waals surface area contributed by atoms with Crippen LogP contribution in [0.1, 0.15) is 95.3 Å². The Kier molecular flexibility index (Phi) is 10.8. The Morgan fingerprint density at radius 2 is 1.81 bits per heavy atom. The number of nitrogens with one attached hydrogen (secondary N) is 3. The van der Waals surface area contributed by atoms with E-state index >= 15 is 0 Å². The molecule has 3 heterocycles. The normalized spacial score (nSPS) is 26.8. The maximum absolute atomic E-state index is 13.9. The van der Waals surface area contributed by atoms with Gasteiger partial charge in [0, 0.05) is 0 Å². The molecule has 5 fully saturated rings. The van der Waals surface area contributed by atoms with Crippen LogP contribution in [0.2, 0.25) is 0 Å². The zero-order valence-electron chi connectivity index (χ0n) is 34.2. The molecule has 4 N–H and O–H groups in total. The van der Waals surface area contributed by atoms with E-state index in [0.29, 0.717) is 50.6 Å². The van der Waals surface area contributed by atoms with E-state index in [9.17, 15) is 14.8 Å². The van der Waals surface area contributed by atoms with Crippen molar-refractivity contribution in [1.29, 1.82) is 0 Å². The number of fused-ring (bicyclic) bond motifs is 1. The summed E-state index contributed by atoms with van der Waals surface area (Å²) in [5, 5.41) is 17.5. The Labute approximate surface area is 352 Å². The molecule has 1 aliphatic heterocycles. The number of H-pyrrole nitrogens is 1. The molecular weight excluding hydrogens is 833 g/mol. The average molecular weight is 891 g/mol. The van der Waals surface area contributed by atoms with Crippen molar-refractivity contribution >= 4 is 59.0 Å². The largest absolute Gasteiger partial charge is 0.0629 e. The molecule has 1 amide bonds. The van der Waals surface area contributed by atoms with Crippen molar-refractivity contribution in [3.63, 3.8) is 0 Å². The Morgan fingerprint density at radius 1 is 1.02 bits per heavy atom. The molecule has 2 aromatic heterocycles. The fourth-order valence-electron chi connectivity index (χ4n) is 10.8. The van der Waals surface area contributed by atoms with Crippen molar-refractivity contribution < 1.29 is 14.6 Å². The molecule has 12 heteroatoms. The first-order chi connectivity index (χ1) is 28.0. The number of aliphatic hydroxyl groups excluding tert-OH is 1. The van der Waals surface area contributed by atoms with Gasteiger partial charge in [0.2, 0.25) is 0 Å². The van der Waals surface area contributed by atoms with Gasteiger partial charge in [-0.15, -0.1) is 0 Å². The second kappa shape index (κ2) is 15.9. The van der Waals surface area contributed by atoms with E-state index < -0.39 is 21.4 Å². The van der Waals surface area contributed by atoms with Crippen LogP contribution >= 0.6 is 0 Å². The maximum atomic E-state index is 13.9. The van der Waals surface area contributed by atoms with Crippen molar-refractivity contribution in [2.24, 2.45) is 27.3 Å². The van der Waals surface area contributed by atoms with Crippen LogP contribution in [-0.4, -0.2) is 92.7 Å². The number of aromatic amines is 1. The molecule has 304 valence electrons. The van der Waals surface area contributed by atoms with Crippen molar-refractivity contribution in [2.45, 2.75) is 91.1 Å². The molecule has 58 heavy (non-hydrogen) atoms. The van der Waals surface area contributed by atoms with E-state index in [1.165, 1.54) is 38.5 Å². The molecule has 2 aromatic carbocycles. The molecule has 0 atom stereocenters. The van der Waals surface area contributed by atoms with Crippen molar-refractivity contribution in [1.82, 2.24) is 18.4 Å². The number of nitroso groups, excluding NO2 is 1. The van der Waals surface area contributed by atoms with Gasteiger partial charge in [-0.1, -0.05) is 26.3 Å². The number of aliphatic hydroxyl groups is 1. The van der Waals surface area contributed by atoms with Crippen molar-refractivity contribution in [3.05, 3.63) is 82.5 Å². The molecule has 4 aromatic rings. The van der Waals surface area contributed by atoms with Gasteiger partial charge in [-0.2, -0.15) is 0 Å². The smallest absolute Gasteiger partial charge is 0.00692 e. The summed E-state index contributed by atoms with van der Waals surface area (Å²) in [6.45, 7) is 13.1. The predicted molar refractivity (Wildman–Crippen MR) is 232 cm³/mol. The second-order valence-electron chi connectivity index (χ2n) is 19.1. The van der Waals surface area contributed by atoms with E-state index in [4.69, 9.17) is 4.74 Å². The molecule has 0 spiro atoms. The number of piperazine rings is 1. The maximum Gasteiger partial charge on any atom is -0.00692 e. The topological polar surface area (TPSA) is 135 Å². The van der Waals surface area contributed by atoms with E-state index in [1.54, 1.807) is 17.8 Å². The number of ether oxygens (including phenoxy) is 1. The van der Waals surface area contributed by atoms with Gasteiger partial charge in [0.25, 0.3) is 0 Å². The van der Waals surface area contributed by atoms with E-state index in [-0.39, 0.29) is 12.0 Å². The molecule has 10 rings (SSSR count). The quantitative estimate of drug-likeness (QED) is 0.0600. The number of nitrogens with zero attached hydrogens (tertiary/aromatic N) is 4. The van der Waals surface area contributed by atoms with Crippen LogP contribution in [-0.2, 0) is 0 Å². The van der Waals surface area contributed by atoms with Crippen LogP contribution in [0.5, 0.6) is 11.5 Å². The number of rotatable bonds is 13. The molecule has 5 aliphatic carbocycles. The molecule has 11 nitrogen and oxygen atoms in total. The number of amides is 1.